The predicted octanol–water partition coefficient (Wildman–Crippen LogP) is 4.80. The lowest BCUT2D eigenvalue weighted by atomic mass is 10.1. The van der Waals surface area contributed by atoms with E-state index in [1.165, 1.54) is 18.2 Å². The maximum absolute atomic E-state index is 13.3. The molecule has 1 heterocycles. The van der Waals surface area contributed by atoms with Crippen LogP contribution in [0, 0.1) is 5.92 Å². The van der Waals surface area contributed by atoms with Crippen molar-refractivity contribution in [2.45, 2.75) is 37.8 Å². The second-order valence-corrected chi connectivity index (χ2v) is 10.0. The van der Waals surface area contributed by atoms with Gasteiger partial charge in [-0.3, -0.25) is 4.79 Å². The number of rotatable bonds is 8. The summed E-state index contributed by atoms with van der Waals surface area (Å²) in [5, 5.41) is 5.92. The van der Waals surface area contributed by atoms with Gasteiger partial charge in [0.1, 0.15) is 11.5 Å². The van der Waals surface area contributed by atoms with E-state index in [4.69, 9.17) is 0 Å². The standard InChI is InChI=1S/C22H21F6N3O3S/c1-35(33,34)11-10-17(13-6-7-13)30-20(32)15-8-9-18(22(26,27)28)31-19(15)29-12-14-4-2-3-5-16(14)21(23,24)25/h2-5,8-11,13,17H,6-7,12H2,1H3,(H,29,31)(H,30,32)/b11-10+/t17-/m1/s1. The molecule has 1 aliphatic rings. The van der Waals surface area contributed by atoms with E-state index in [1.807, 2.05) is 0 Å². The van der Waals surface area contributed by atoms with Crippen LogP contribution in [0.15, 0.2) is 47.9 Å². The molecule has 0 unspecified atom stereocenters. The van der Waals surface area contributed by atoms with Crippen LogP contribution in [-0.2, 0) is 28.7 Å². The molecule has 190 valence electrons. The van der Waals surface area contributed by atoms with Crippen LogP contribution in [0.5, 0.6) is 0 Å². The van der Waals surface area contributed by atoms with Crippen molar-refractivity contribution in [3.63, 3.8) is 0 Å². The van der Waals surface area contributed by atoms with Gasteiger partial charge >= 0.3 is 12.4 Å². The Morgan fingerprint density at radius 1 is 1.09 bits per heavy atom. The van der Waals surface area contributed by atoms with Gasteiger partial charge in [-0.05, 0) is 42.5 Å². The van der Waals surface area contributed by atoms with Crippen molar-refractivity contribution in [3.05, 3.63) is 70.3 Å². The topological polar surface area (TPSA) is 88.2 Å². The molecule has 2 aromatic rings. The molecular formula is C22H21F6N3O3S. The Hall–Kier alpha value is -3.09. The van der Waals surface area contributed by atoms with Crippen LogP contribution in [0.1, 0.15) is 40.0 Å². The second-order valence-electron chi connectivity index (χ2n) is 8.09. The van der Waals surface area contributed by atoms with Gasteiger partial charge in [-0.1, -0.05) is 24.3 Å². The highest BCUT2D eigenvalue weighted by Gasteiger charge is 2.36. The summed E-state index contributed by atoms with van der Waals surface area (Å²) in [6, 6.07) is 5.26. The van der Waals surface area contributed by atoms with E-state index in [-0.39, 0.29) is 17.0 Å². The third-order valence-electron chi connectivity index (χ3n) is 5.16. The van der Waals surface area contributed by atoms with E-state index < -0.39 is 57.8 Å². The van der Waals surface area contributed by atoms with Crippen molar-refractivity contribution in [2.24, 2.45) is 5.92 Å². The molecule has 0 aliphatic heterocycles. The Bertz CT molecular complexity index is 1220. The molecule has 1 aromatic carbocycles. The van der Waals surface area contributed by atoms with Crippen molar-refractivity contribution in [3.8, 4) is 0 Å². The number of halogens is 6. The quantitative estimate of drug-likeness (QED) is 0.488. The number of hydrogen-bond acceptors (Lipinski definition) is 5. The first kappa shape index (κ1) is 26.5. The summed E-state index contributed by atoms with van der Waals surface area (Å²) < 4.78 is 102. The Labute approximate surface area is 197 Å². The molecule has 1 fully saturated rings. The SMILES string of the molecule is CS(=O)(=O)/C=C/[C@@H](NC(=O)c1ccc(C(F)(F)F)nc1NCc1ccccc1C(F)(F)F)C1CC1. The summed E-state index contributed by atoms with van der Waals surface area (Å²) in [7, 11) is -3.48. The fourth-order valence-corrected chi connectivity index (χ4v) is 3.75. The van der Waals surface area contributed by atoms with Gasteiger partial charge in [-0.2, -0.15) is 26.3 Å². The molecule has 1 saturated carbocycles. The number of hydrogen-bond donors (Lipinski definition) is 2. The summed E-state index contributed by atoms with van der Waals surface area (Å²) >= 11 is 0. The molecule has 0 spiro atoms. The number of amides is 1. The van der Waals surface area contributed by atoms with Gasteiger partial charge < -0.3 is 10.6 Å². The average Bonchev–Trinajstić information content (AvgIpc) is 3.58. The molecule has 1 atom stereocenters. The van der Waals surface area contributed by atoms with Crippen LogP contribution in [-0.4, -0.2) is 31.6 Å². The van der Waals surface area contributed by atoms with Crippen LogP contribution in [0.4, 0.5) is 32.2 Å². The van der Waals surface area contributed by atoms with Gasteiger partial charge in [0.05, 0.1) is 17.2 Å². The van der Waals surface area contributed by atoms with E-state index >= 15 is 0 Å². The van der Waals surface area contributed by atoms with E-state index in [0.29, 0.717) is 18.9 Å². The molecule has 6 nitrogen and oxygen atoms in total. The molecule has 2 N–H and O–H groups in total. The maximum Gasteiger partial charge on any atom is 0.433 e. The van der Waals surface area contributed by atoms with Gasteiger partial charge in [0.25, 0.3) is 5.91 Å². The van der Waals surface area contributed by atoms with Crippen molar-refractivity contribution in [1.29, 1.82) is 0 Å². The smallest absolute Gasteiger partial charge is 0.365 e. The van der Waals surface area contributed by atoms with Crippen LogP contribution in [0.25, 0.3) is 0 Å². The Morgan fingerprint density at radius 2 is 1.74 bits per heavy atom. The highest BCUT2D eigenvalue weighted by molar-refractivity contribution is 7.93. The largest absolute Gasteiger partial charge is 0.433 e. The number of carbonyl (C=O) groups excluding carboxylic acids is 1. The van der Waals surface area contributed by atoms with Gasteiger partial charge in [-0.15, -0.1) is 0 Å². The second kappa shape index (κ2) is 9.88. The number of benzene rings is 1. The van der Waals surface area contributed by atoms with Crippen LogP contribution < -0.4 is 10.6 Å². The highest BCUT2D eigenvalue weighted by Crippen LogP contribution is 2.35. The Balaban J connectivity index is 1.91. The molecular weight excluding hydrogens is 500 g/mol. The molecule has 1 aromatic heterocycles. The summed E-state index contributed by atoms with van der Waals surface area (Å²) in [4.78, 5) is 16.3. The molecule has 13 heteroatoms. The van der Waals surface area contributed by atoms with Gasteiger partial charge in [0.15, 0.2) is 9.84 Å². The number of anilines is 1. The number of nitrogens with one attached hydrogen (secondary N) is 2. The highest BCUT2D eigenvalue weighted by atomic mass is 32.2. The lowest BCUT2D eigenvalue weighted by Gasteiger charge is -2.18. The first-order valence-corrected chi connectivity index (χ1v) is 12.3. The zero-order chi connectivity index (χ0) is 26.0. The predicted molar refractivity (Wildman–Crippen MR) is 116 cm³/mol. The molecule has 0 radical (unpaired) electrons. The van der Waals surface area contributed by atoms with E-state index in [2.05, 4.69) is 15.6 Å². The minimum atomic E-state index is -4.86. The van der Waals surface area contributed by atoms with Crippen LogP contribution in [0.2, 0.25) is 0 Å². The molecule has 1 amide bonds. The number of aromatic nitrogens is 1. The number of pyridine rings is 1. The number of carbonyl (C=O) groups is 1. The summed E-state index contributed by atoms with van der Waals surface area (Å²) in [5.74, 6) is -1.46. The maximum atomic E-state index is 13.3. The van der Waals surface area contributed by atoms with E-state index in [1.54, 1.807) is 0 Å². The van der Waals surface area contributed by atoms with Crippen LogP contribution in [0.3, 0.4) is 0 Å². The lowest BCUT2D eigenvalue weighted by molar-refractivity contribution is -0.141. The normalized spacial score (nSPS) is 15.7. The molecule has 3 rings (SSSR count). The first-order chi connectivity index (χ1) is 16.1. The lowest BCUT2D eigenvalue weighted by Crippen LogP contribution is -2.35. The summed E-state index contributed by atoms with van der Waals surface area (Å²) in [5.41, 5.74) is -2.90. The van der Waals surface area contributed by atoms with E-state index in [9.17, 15) is 39.6 Å². The fourth-order valence-electron chi connectivity index (χ4n) is 3.30. The number of nitrogens with zero attached hydrogens (tertiary/aromatic N) is 1. The average molecular weight is 521 g/mol. The third kappa shape index (κ3) is 7.44. The van der Waals surface area contributed by atoms with Gasteiger partial charge in [0, 0.05) is 18.2 Å². The van der Waals surface area contributed by atoms with Crippen molar-refractivity contribution < 1.29 is 39.6 Å². The van der Waals surface area contributed by atoms with Crippen molar-refractivity contribution in [1.82, 2.24) is 10.3 Å². The minimum absolute atomic E-state index is 0.0468. The van der Waals surface area contributed by atoms with Crippen molar-refractivity contribution in [2.75, 3.05) is 11.6 Å². The van der Waals surface area contributed by atoms with Gasteiger partial charge in [-0.25, -0.2) is 13.4 Å². The third-order valence-corrected chi connectivity index (χ3v) is 5.81. The van der Waals surface area contributed by atoms with Crippen molar-refractivity contribution >= 4 is 21.6 Å². The minimum Gasteiger partial charge on any atom is -0.365 e. The Morgan fingerprint density at radius 3 is 2.31 bits per heavy atom. The summed E-state index contributed by atoms with van der Waals surface area (Å²) in [6.07, 6.45) is -5.87. The number of sulfone groups is 1. The van der Waals surface area contributed by atoms with Gasteiger partial charge in [0.2, 0.25) is 0 Å². The summed E-state index contributed by atoms with van der Waals surface area (Å²) in [6.45, 7) is -0.551. The first-order valence-electron chi connectivity index (χ1n) is 10.3. The molecule has 0 bridgehead atoms. The molecule has 0 saturated heterocycles. The number of alkyl halides is 6. The zero-order valence-corrected chi connectivity index (χ0v) is 19.1. The fraction of sp³-hybridized carbons (Fsp3) is 0.364. The van der Waals surface area contributed by atoms with Crippen LogP contribution >= 0.6 is 0 Å². The molecule has 35 heavy (non-hydrogen) atoms. The Kier molecular flexibility index (Phi) is 7.48. The monoisotopic (exact) mass is 521 g/mol. The molecule has 1 aliphatic carbocycles. The van der Waals surface area contributed by atoms with E-state index in [0.717, 1.165) is 29.9 Å². The zero-order valence-electron chi connectivity index (χ0n) is 18.2.